The Morgan fingerprint density at radius 1 is 1.17 bits per heavy atom. The zero-order valence-electron chi connectivity index (χ0n) is 12.3. The van der Waals surface area contributed by atoms with E-state index < -0.39 is 5.97 Å². The Balaban J connectivity index is 1.65. The zero-order valence-corrected chi connectivity index (χ0v) is 12.3. The number of methoxy groups -OCH3 is 1. The third kappa shape index (κ3) is 2.80. The molecular formula is C14H13N5O4. The van der Waals surface area contributed by atoms with Gasteiger partial charge in [0.15, 0.2) is 12.4 Å². The van der Waals surface area contributed by atoms with Gasteiger partial charge in [0.1, 0.15) is 0 Å². The Kier molecular flexibility index (Phi) is 3.83. The fraction of sp³-hybridized carbons (Fsp3) is 0.286. The second kappa shape index (κ2) is 5.95. The molecule has 23 heavy (non-hydrogen) atoms. The highest BCUT2D eigenvalue weighted by molar-refractivity contribution is 6.21. The second-order valence-corrected chi connectivity index (χ2v) is 4.87. The Morgan fingerprint density at radius 2 is 1.83 bits per heavy atom. The van der Waals surface area contributed by atoms with Crippen LogP contribution in [0.15, 0.2) is 24.3 Å². The largest absolute Gasteiger partial charge is 0.468 e. The van der Waals surface area contributed by atoms with E-state index in [0.29, 0.717) is 17.0 Å². The van der Waals surface area contributed by atoms with Crippen molar-refractivity contribution in [3.05, 3.63) is 41.2 Å². The fourth-order valence-corrected chi connectivity index (χ4v) is 2.28. The van der Waals surface area contributed by atoms with Crippen LogP contribution in [0.3, 0.4) is 0 Å². The van der Waals surface area contributed by atoms with E-state index in [1.807, 2.05) is 0 Å². The molecule has 1 aromatic carbocycles. The molecule has 0 fully saturated rings. The van der Waals surface area contributed by atoms with Crippen molar-refractivity contribution < 1.29 is 19.1 Å². The van der Waals surface area contributed by atoms with E-state index >= 15 is 0 Å². The molecule has 2 aromatic rings. The van der Waals surface area contributed by atoms with Gasteiger partial charge in [-0.3, -0.25) is 14.5 Å². The molecule has 1 aromatic heterocycles. The summed E-state index contributed by atoms with van der Waals surface area (Å²) in [5.74, 6) is -0.806. The number of carbonyl (C=O) groups is 3. The Labute approximate surface area is 130 Å². The number of hydrogen-bond acceptors (Lipinski definition) is 7. The van der Waals surface area contributed by atoms with Crippen molar-refractivity contribution in [2.45, 2.75) is 13.0 Å². The summed E-state index contributed by atoms with van der Waals surface area (Å²) in [6, 6.07) is 6.68. The van der Waals surface area contributed by atoms with Gasteiger partial charge in [-0.1, -0.05) is 12.1 Å². The molecule has 2 heterocycles. The van der Waals surface area contributed by atoms with Crippen LogP contribution in [0.4, 0.5) is 0 Å². The van der Waals surface area contributed by atoms with Gasteiger partial charge in [0.05, 0.1) is 18.2 Å². The van der Waals surface area contributed by atoms with Crippen LogP contribution in [-0.2, 0) is 22.5 Å². The van der Waals surface area contributed by atoms with Gasteiger partial charge in [-0.15, -0.1) is 10.2 Å². The van der Waals surface area contributed by atoms with Crippen molar-refractivity contribution in [1.82, 2.24) is 25.1 Å². The highest BCUT2D eigenvalue weighted by Gasteiger charge is 2.34. The molecule has 1 aliphatic heterocycles. The molecule has 0 radical (unpaired) electrons. The Bertz CT molecular complexity index is 750. The van der Waals surface area contributed by atoms with Gasteiger partial charge in [-0.25, -0.2) is 4.79 Å². The quantitative estimate of drug-likeness (QED) is 0.550. The summed E-state index contributed by atoms with van der Waals surface area (Å²) < 4.78 is 4.50. The highest BCUT2D eigenvalue weighted by atomic mass is 16.5. The first-order valence-electron chi connectivity index (χ1n) is 6.89. The molecule has 3 rings (SSSR count). The monoisotopic (exact) mass is 315 g/mol. The first kappa shape index (κ1) is 14.8. The molecule has 1 aliphatic rings. The molecule has 9 nitrogen and oxygen atoms in total. The van der Waals surface area contributed by atoms with Crippen LogP contribution in [-0.4, -0.2) is 56.5 Å². The molecule has 0 saturated heterocycles. The standard InChI is InChI=1S/C14H13N5O4/c1-23-12(20)8-19-16-11(15-17-19)6-7-18-13(21)9-4-2-3-5-10(9)14(18)22/h2-5H,6-8H2,1H3. The van der Waals surface area contributed by atoms with E-state index in [9.17, 15) is 14.4 Å². The lowest BCUT2D eigenvalue weighted by atomic mass is 10.1. The van der Waals surface area contributed by atoms with Crippen molar-refractivity contribution in [3.8, 4) is 0 Å². The number of benzene rings is 1. The number of nitrogens with zero attached hydrogens (tertiary/aromatic N) is 5. The number of hydrogen-bond donors (Lipinski definition) is 0. The molecule has 0 unspecified atom stereocenters. The topological polar surface area (TPSA) is 107 Å². The van der Waals surface area contributed by atoms with Crippen molar-refractivity contribution >= 4 is 17.8 Å². The first-order valence-corrected chi connectivity index (χ1v) is 6.89. The van der Waals surface area contributed by atoms with Crippen LogP contribution in [0.5, 0.6) is 0 Å². The summed E-state index contributed by atoms with van der Waals surface area (Å²) in [6.07, 6.45) is 0.257. The van der Waals surface area contributed by atoms with Gasteiger partial charge in [0, 0.05) is 13.0 Å². The van der Waals surface area contributed by atoms with E-state index in [2.05, 4.69) is 20.1 Å². The molecule has 0 bridgehead atoms. The third-order valence-electron chi connectivity index (χ3n) is 3.43. The van der Waals surface area contributed by atoms with E-state index in [1.165, 1.54) is 7.11 Å². The predicted molar refractivity (Wildman–Crippen MR) is 75.3 cm³/mol. The number of esters is 1. The predicted octanol–water partition coefficient (Wildman–Crippen LogP) is -0.315. The maximum Gasteiger partial charge on any atom is 0.329 e. The molecular weight excluding hydrogens is 302 g/mol. The average Bonchev–Trinajstić information content (AvgIpc) is 3.10. The second-order valence-electron chi connectivity index (χ2n) is 4.87. The van der Waals surface area contributed by atoms with Crippen LogP contribution in [0.2, 0.25) is 0 Å². The molecule has 2 amide bonds. The molecule has 0 N–H and O–H groups in total. The molecule has 118 valence electrons. The summed E-state index contributed by atoms with van der Waals surface area (Å²) in [7, 11) is 1.27. The van der Waals surface area contributed by atoms with E-state index in [4.69, 9.17) is 0 Å². The smallest absolute Gasteiger partial charge is 0.329 e. The maximum absolute atomic E-state index is 12.2. The van der Waals surface area contributed by atoms with Gasteiger partial charge in [-0.05, 0) is 17.3 Å². The third-order valence-corrected chi connectivity index (χ3v) is 3.43. The first-order chi connectivity index (χ1) is 11.1. The minimum absolute atomic E-state index is 0.142. The summed E-state index contributed by atoms with van der Waals surface area (Å²) in [4.78, 5) is 37.8. The SMILES string of the molecule is COC(=O)Cn1nnc(CCN2C(=O)c3ccccc3C2=O)n1. The minimum Gasteiger partial charge on any atom is -0.468 e. The number of amides is 2. The van der Waals surface area contributed by atoms with E-state index in [1.54, 1.807) is 24.3 Å². The summed E-state index contributed by atoms with van der Waals surface area (Å²) in [6.45, 7) is 0.00673. The van der Waals surface area contributed by atoms with Crippen molar-refractivity contribution in [2.75, 3.05) is 13.7 Å². The number of ether oxygens (including phenoxy) is 1. The maximum atomic E-state index is 12.2. The molecule has 0 spiro atoms. The lowest BCUT2D eigenvalue weighted by Gasteiger charge is -2.11. The van der Waals surface area contributed by atoms with Gasteiger partial charge in [0.25, 0.3) is 11.8 Å². The molecule has 0 saturated carbocycles. The van der Waals surface area contributed by atoms with Gasteiger partial charge >= 0.3 is 5.97 Å². The van der Waals surface area contributed by atoms with Crippen LogP contribution in [0.1, 0.15) is 26.5 Å². The number of aromatic nitrogens is 4. The minimum atomic E-state index is -0.491. The lowest BCUT2D eigenvalue weighted by molar-refractivity contribution is -0.141. The van der Waals surface area contributed by atoms with Gasteiger partial charge in [0.2, 0.25) is 0 Å². The molecule has 0 aliphatic carbocycles. The van der Waals surface area contributed by atoms with E-state index in [-0.39, 0.29) is 31.3 Å². The van der Waals surface area contributed by atoms with Crippen LogP contribution < -0.4 is 0 Å². The fourth-order valence-electron chi connectivity index (χ4n) is 2.28. The van der Waals surface area contributed by atoms with Crippen molar-refractivity contribution in [1.29, 1.82) is 0 Å². The van der Waals surface area contributed by atoms with Crippen LogP contribution in [0.25, 0.3) is 0 Å². The van der Waals surface area contributed by atoms with Gasteiger partial charge in [-0.2, -0.15) is 4.80 Å². The zero-order chi connectivity index (χ0) is 16.4. The Morgan fingerprint density at radius 3 is 2.43 bits per heavy atom. The Hall–Kier alpha value is -3.10. The number of carbonyl (C=O) groups excluding carboxylic acids is 3. The van der Waals surface area contributed by atoms with E-state index in [0.717, 1.165) is 9.70 Å². The number of fused-ring (bicyclic) bond motifs is 1. The summed E-state index contributed by atoms with van der Waals surface area (Å²) >= 11 is 0. The summed E-state index contributed by atoms with van der Waals surface area (Å²) in [5.41, 5.74) is 0.805. The molecule has 9 heteroatoms. The number of imide groups is 1. The summed E-state index contributed by atoms with van der Waals surface area (Å²) in [5, 5.41) is 11.5. The molecule has 0 atom stereocenters. The average molecular weight is 315 g/mol. The number of rotatable bonds is 5. The van der Waals surface area contributed by atoms with Crippen molar-refractivity contribution in [2.24, 2.45) is 0 Å². The lowest BCUT2D eigenvalue weighted by Crippen LogP contribution is -2.32. The van der Waals surface area contributed by atoms with Crippen LogP contribution >= 0.6 is 0 Å². The highest BCUT2D eigenvalue weighted by Crippen LogP contribution is 2.22. The number of tetrazole rings is 1. The van der Waals surface area contributed by atoms with Crippen LogP contribution in [0, 0.1) is 0 Å². The normalized spacial score (nSPS) is 13.3. The van der Waals surface area contributed by atoms with Crippen molar-refractivity contribution in [3.63, 3.8) is 0 Å². The van der Waals surface area contributed by atoms with Gasteiger partial charge < -0.3 is 4.74 Å².